The SMILES string of the molecule is CCCCc1nnc(NC(=O)c2cc(F)cc(Br)c2)s1. The number of rotatable bonds is 5. The van der Waals surface area contributed by atoms with E-state index in [1.54, 1.807) is 6.07 Å². The summed E-state index contributed by atoms with van der Waals surface area (Å²) in [4.78, 5) is 12.0. The van der Waals surface area contributed by atoms with E-state index in [2.05, 4.69) is 38.4 Å². The molecule has 0 spiro atoms. The predicted octanol–water partition coefficient (Wildman–Crippen LogP) is 4.03. The van der Waals surface area contributed by atoms with E-state index in [9.17, 15) is 9.18 Å². The molecule has 0 aliphatic heterocycles. The Labute approximate surface area is 128 Å². The third-order valence-corrected chi connectivity index (χ3v) is 3.91. The van der Waals surface area contributed by atoms with Crippen LogP contribution in [0, 0.1) is 5.82 Å². The van der Waals surface area contributed by atoms with Crippen molar-refractivity contribution >= 4 is 38.3 Å². The first-order chi connectivity index (χ1) is 9.58. The Morgan fingerprint density at radius 3 is 2.90 bits per heavy atom. The number of hydrogen-bond donors (Lipinski definition) is 1. The van der Waals surface area contributed by atoms with Crippen molar-refractivity contribution in [1.29, 1.82) is 0 Å². The van der Waals surface area contributed by atoms with E-state index < -0.39 is 11.7 Å². The van der Waals surface area contributed by atoms with Gasteiger partial charge in [-0.15, -0.1) is 10.2 Å². The van der Waals surface area contributed by atoms with E-state index in [4.69, 9.17) is 0 Å². The van der Waals surface area contributed by atoms with Crippen LogP contribution in [0.15, 0.2) is 22.7 Å². The molecule has 1 aromatic carbocycles. The summed E-state index contributed by atoms with van der Waals surface area (Å²) in [7, 11) is 0. The fourth-order valence-electron chi connectivity index (χ4n) is 1.59. The van der Waals surface area contributed by atoms with Gasteiger partial charge in [0, 0.05) is 16.5 Å². The monoisotopic (exact) mass is 357 g/mol. The smallest absolute Gasteiger partial charge is 0.257 e. The van der Waals surface area contributed by atoms with Crippen molar-refractivity contribution in [3.63, 3.8) is 0 Å². The number of aryl methyl sites for hydroxylation is 1. The average molecular weight is 358 g/mol. The fourth-order valence-corrected chi connectivity index (χ4v) is 2.83. The van der Waals surface area contributed by atoms with Crippen molar-refractivity contribution in [3.8, 4) is 0 Å². The van der Waals surface area contributed by atoms with E-state index >= 15 is 0 Å². The summed E-state index contributed by atoms with van der Waals surface area (Å²) >= 11 is 4.50. The number of halogens is 2. The third kappa shape index (κ3) is 4.08. The van der Waals surface area contributed by atoms with Gasteiger partial charge in [0.2, 0.25) is 5.13 Å². The van der Waals surface area contributed by atoms with Crippen LogP contribution in [0.3, 0.4) is 0 Å². The van der Waals surface area contributed by atoms with Gasteiger partial charge in [-0.25, -0.2) is 4.39 Å². The molecule has 2 aromatic rings. The Hall–Kier alpha value is -1.34. The first-order valence-corrected chi connectivity index (χ1v) is 7.79. The Morgan fingerprint density at radius 2 is 2.20 bits per heavy atom. The van der Waals surface area contributed by atoms with Gasteiger partial charge in [-0.05, 0) is 24.6 Å². The van der Waals surface area contributed by atoms with E-state index in [0.717, 1.165) is 24.3 Å². The largest absolute Gasteiger partial charge is 0.296 e. The second kappa shape index (κ2) is 6.90. The first-order valence-electron chi connectivity index (χ1n) is 6.18. The summed E-state index contributed by atoms with van der Waals surface area (Å²) in [6.45, 7) is 2.10. The van der Waals surface area contributed by atoms with Crippen LogP contribution in [0.4, 0.5) is 9.52 Å². The molecular weight excluding hydrogens is 345 g/mol. The van der Waals surface area contributed by atoms with Gasteiger partial charge in [-0.1, -0.05) is 40.6 Å². The number of aromatic nitrogens is 2. The van der Waals surface area contributed by atoms with Gasteiger partial charge < -0.3 is 0 Å². The summed E-state index contributed by atoms with van der Waals surface area (Å²) in [5, 5.41) is 11.9. The van der Waals surface area contributed by atoms with Crippen molar-refractivity contribution in [3.05, 3.63) is 39.1 Å². The highest BCUT2D eigenvalue weighted by Gasteiger charge is 2.11. The van der Waals surface area contributed by atoms with E-state index in [-0.39, 0.29) is 5.56 Å². The topological polar surface area (TPSA) is 54.9 Å². The molecule has 1 aromatic heterocycles. The van der Waals surface area contributed by atoms with Crippen LogP contribution in [0.5, 0.6) is 0 Å². The maximum atomic E-state index is 13.2. The van der Waals surface area contributed by atoms with Crippen LogP contribution in [0.1, 0.15) is 35.1 Å². The lowest BCUT2D eigenvalue weighted by Gasteiger charge is -2.02. The van der Waals surface area contributed by atoms with Gasteiger partial charge in [0.1, 0.15) is 10.8 Å². The van der Waals surface area contributed by atoms with Gasteiger partial charge in [0.05, 0.1) is 0 Å². The Bertz CT molecular complexity index is 597. The molecule has 2 rings (SSSR count). The normalized spacial score (nSPS) is 10.6. The molecule has 1 heterocycles. The van der Waals surface area contributed by atoms with Gasteiger partial charge in [0.15, 0.2) is 0 Å². The molecule has 0 atom stereocenters. The highest BCUT2D eigenvalue weighted by atomic mass is 79.9. The summed E-state index contributed by atoms with van der Waals surface area (Å²) in [5.74, 6) is -0.867. The average Bonchev–Trinajstić information content (AvgIpc) is 2.82. The van der Waals surface area contributed by atoms with E-state index in [0.29, 0.717) is 9.60 Å². The molecule has 7 heteroatoms. The summed E-state index contributed by atoms with van der Waals surface area (Å²) in [6.07, 6.45) is 2.98. The van der Waals surface area contributed by atoms with Crippen molar-refractivity contribution in [1.82, 2.24) is 10.2 Å². The Kier molecular flexibility index (Phi) is 5.19. The van der Waals surface area contributed by atoms with Gasteiger partial charge in [-0.3, -0.25) is 10.1 Å². The highest BCUT2D eigenvalue weighted by Crippen LogP contribution is 2.20. The number of benzene rings is 1. The molecule has 106 valence electrons. The molecule has 0 fully saturated rings. The minimum atomic E-state index is -0.467. The lowest BCUT2D eigenvalue weighted by Crippen LogP contribution is -2.12. The molecule has 0 radical (unpaired) electrons. The minimum absolute atomic E-state index is 0.238. The molecule has 0 aliphatic carbocycles. The fraction of sp³-hybridized carbons (Fsp3) is 0.308. The lowest BCUT2D eigenvalue weighted by atomic mass is 10.2. The number of carbonyl (C=O) groups excluding carboxylic acids is 1. The van der Waals surface area contributed by atoms with Crippen molar-refractivity contribution in [2.45, 2.75) is 26.2 Å². The number of amides is 1. The predicted molar refractivity (Wildman–Crippen MR) is 80.6 cm³/mol. The lowest BCUT2D eigenvalue weighted by molar-refractivity contribution is 0.102. The number of unbranched alkanes of at least 4 members (excludes halogenated alkanes) is 1. The second-order valence-corrected chi connectivity index (χ2v) is 6.19. The van der Waals surface area contributed by atoms with Gasteiger partial charge >= 0.3 is 0 Å². The molecule has 0 unspecified atom stereocenters. The quantitative estimate of drug-likeness (QED) is 0.878. The van der Waals surface area contributed by atoms with Crippen molar-refractivity contribution < 1.29 is 9.18 Å². The standard InChI is InChI=1S/C13H13BrFN3OS/c1-2-3-4-11-17-18-13(20-11)16-12(19)8-5-9(14)7-10(15)6-8/h5-7H,2-4H2,1H3,(H,16,18,19). The number of anilines is 1. The number of carbonyl (C=O) groups is 1. The van der Waals surface area contributed by atoms with Crippen molar-refractivity contribution in [2.24, 2.45) is 0 Å². The van der Waals surface area contributed by atoms with Crippen LogP contribution >= 0.6 is 27.3 Å². The molecule has 0 bridgehead atoms. The van der Waals surface area contributed by atoms with Crippen LogP contribution in [0.25, 0.3) is 0 Å². The molecular formula is C13H13BrFN3OS. The van der Waals surface area contributed by atoms with Crippen LogP contribution in [0.2, 0.25) is 0 Å². The summed E-state index contributed by atoms with van der Waals surface area (Å²) in [5.41, 5.74) is 0.238. The molecule has 0 saturated carbocycles. The molecule has 4 nitrogen and oxygen atoms in total. The minimum Gasteiger partial charge on any atom is -0.296 e. The Balaban J connectivity index is 2.05. The molecule has 0 saturated heterocycles. The van der Waals surface area contributed by atoms with Gasteiger partial charge in [0.25, 0.3) is 5.91 Å². The second-order valence-electron chi connectivity index (χ2n) is 4.22. The van der Waals surface area contributed by atoms with Crippen LogP contribution < -0.4 is 5.32 Å². The maximum absolute atomic E-state index is 13.2. The maximum Gasteiger partial charge on any atom is 0.257 e. The number of hydrogen-bond acceptors (Lipinski definition) is 4. The molecule has 1 N–H and O–H groups in total. The first kappa shape index (κ1) is 15.1. The molecule has 20 heavy (non-hydrogen) atoms. The van der Waals surface area contributed by atoms with E-state index in [1.165, 1.54) is 23.5 Å². The van der Waals surface area contributed by atoms with Crippen LogP contribution in [-0.2, 0) is 6.42 Å². The third-order valence-electron chi connectivity index (χ3n) is 2.56. The van der Waals surface area contributed by atoms with Gasteiger partial charge in [-0.2, -0.15) is 0 Å². The number of nitrogens with zero attached hydrogens (tertiary/aromatic N) is 2. The van der Waals surface area contributed by atoms with Crippen molar-refractivity contribution in [2.75, 3.05) is 5.32 Å². The Morgan fingerprint density at radius 1 is 1.40 bits per heavy atom. The highest BCUT2D eigenvalue weighted by molar-refractivity contribution is 9.10. The zero-order chi connectivity index (χ0) is 14.5. The number of nitrogens with one attached hydrogen (secondary N) is 1. The molecule has 0 aliphatic rings. The summed E-state index contributed by atoms with van der Waals surface area (Å²) < 4.78 is 13.8. The van der Waals surface area contributed by atoms with Crippen LogP contribution in [-0.4, -0.2) is 16.1 Å². The van der Waals surface area contributed by atoms with E-state index in [1.807, 2.05) is 0 Å². The zero-order valence-corrected chi connectivity index (χ0v) is 13.2. The molecule has 1 amide bonds. The summed E-state index contributed by atoms with van der Waals surface area (Å²) in [6, 6.07) is 4.03. The zero-order valence-electron chi connectivity index (χ0n) is 10.8.